The molecule has 0 spiro atoms. The van der Waals surface area contributed by atoms with Crippen LogP contribution in [0, 0.1) is 19.8 Å². The van der Waals surface area contributed by atoms with Crippen molar-refractivity contribution >= 4 is 5.91 Å². The summed E-state index contributed by atoms with van der Waals surface area (Å²) in [4.78, 5) is 11.7. The minimum Gasteiger partial charge on any atom is -0.472 e. The molecule has 0 aliphatic rings. The molecular weight excluding hydrogens is 242 g/mol. The summed E-state index contributed by atoms with van der Waals surface area (Å²) in [5.74, 6) is 0.211. The van der Waals surface area contributed by atoms with Gasteiger partial charge < -0.3 is 9.73 Å². The van der Waals surface area contributed by atoms with E-state index >= 15 is 0 Å². The molecule has 1 unspecified atom stereocenters. The van der Waals surface area contributed by atoms with Crippen LogP contribution in [-0.2, 0) is 6.54 Å². The SMILES string of the molecule is Cc1cc(C)n(CC(C)CNC(=O)c2ccoc2)n1. The van der Waals surface area contributed by atoms with Gasteiger partial charge in [-0.3, -0.25) is 9.48 Å². The Morgan fingerprint density at radius 2 is 2.32 bits per heavy atom. The smallest absolute Gasteiger partial charge is 0.254 e. The molecule has 0 saturated heterocycles. The molecule has 2 heterocycles. The first kappa shape index (κ1) is 13.4. The maximum Gasteiger partial charge on any atom is 0.254 e. The lowest BCUT2D eigenvalue weighted by Gasteiger charge is -2.13. The molecular formula is C14H19N3O2. The average Bonchev–Trinajstić information content (AvgIpc) is 2.97. The van der Waals surface area contributed by atoms with Gasteiger partial charge in [-0.15, -0.1) is 0 Å². The van der Waals surface area contributed by atoms with Crippen molar-refractivity contribution in [2.45, 2.75) is 27.3 Å². The Hall–Kier alpha value is -2.04. The zero-order chi connectivity index (χ0) is 13.8. The molecule has 0 aliphatic carbocycles. The number of nitrogens with zero attached hydrogens (tertiary/aromatic N) is 2. The van der Waals surface area contributed by atoms with Crippen molar-refractivity contribution in [1.82, 2.24) is 15.1 Å². The standard InChI is InChI=1S/C14H19N3O2/c1-10(8-17-12(3)6-11(2)16-17)7-15-14(18)13-4-5-19-9-13/h4-6,9-10H,7-8H2,1-3H3,(H,15,18). The highest BCUT2D eigenvalue weighted by Gasteiger charge is 2.10. The van der Waals surface area contributed by atoms with E-state index < -0.39 is 0 Å². The number of hydrogen-bond acceptors (Lipinski definition) is 3. The fourth-order valence-electron chi connectivity index (χ4n) is 1.98. The molecule has 0 saturated carbocycles. The molecule has 1 N–H and O–H groups in total. The molecule has 0 fully saturated rings. The van der Waals surface area contributed by atoms with Crippen LogP contribution in [0.4, 0.5) is 0 Å². The first-order valence-electron chi connectivity index (χ1n) is 6.37. The number of aromatic nitrogens is 2. The Bertz CT molecular complexity index is 543. The van der Waals surface area contributed by atoms with Gasteiger partial charge in [-0.05, 0) is 31.9 Å². The fourth-order valence-corrected chi connectivity index (χ4v) is 1.98. The maximum absolute atomic E-state index is 11.7. The second kappa shape index (κ2) is 5.73. The van der Waals surface area contributed by atoms with E-state index in [0.717, 1.165) is 17.9 Å². The number of rotatable bonds is 5. The third-order valence-corrected chi connectivity index (χ3v) is 2.98. The molecule has 5 nitrogen and oxygen atoms in total. The van der Waals surface area contributed by atoms with Gasteiger partial charge in [0.25, 0.3) is 5.91 Å². The van der Waals surface area contributed by atoms with E-state index in [2.05, 4.69) is 23.4 Å². The molecule has 1 atom stereocenters. The predicted molar refractivity (Wildman–Crippen MR) is 71.9 cm³/mol. The van der Waals surface area contributed by atoms with Gasteiger partial charge in [0.15, 0.2) is 0 Å². The number of aryl methyl sites for hydroxylation is 2. The van der Waals surface area contributed by atoms with Gasteiger partial charge in [0.2, 0.25) is 0 Å². The molecule has 0 radical (unpaired) electrons. The van der Waals surface area contributed by atoms with Crippen molar-refractivity contribution in [3.05, 3.63) is 41.6 Å². The van der Waals surface area contributed by atoms with Gasteiger partial charge in [0.1, 0.15) is 6.26 Å². The van der Waals surface area contributed by atoms with Gasteiger partial charge in [-0.25, -0.2) is 0 Å². The van der Waals surface area contributed by atoms with Crippen LogP contribution in [0.15, 0.2) is 29.1 Å². The van der Waals surface area contributed by atoms with Crippen LogP contribution in [0.25, 0.3) is 0 Å². The summed E-state index contributed by atoms with van der Waals surface area (Å²) in [6.45, 7) is 7.52. The van der Waals surface area contributed by atoms with E-state index in [9.17, 15) is 4.79 Å². The zero-order valence-corrected chi connectivity index (χ0v) is 11.5. The highest BCUT2D eigenvalue weighted by atomic mass is 16.3. The van der Waals surface area contributed by atoms with Crippen molar-refractivity contribution in [2.75, 3.05) is 6.54 Å². The highest BCUT2D eigenvalue weighted by molar-refractivity contribution is 5.93. The van der Waals surface area contributed by atoms with E-state index in [-0.39, 0.29) is 5.91 Å². The monoisotopic (exact) mass is 261 g/mol. The van der Waals surface area contributed by atoms with Gasteiger partial charge >= 0.3 is 0 Å². The average molecular weight is 261 g/mol. The Kier molecular flexibility index (Phi) is 4.04. The van der Waals surface area contributed by atoms with E-state index in [1.807, 2.05) is 18.5 Å². The summed E-state index contributed by atoms with van der Waals surface area (Å²) in [5.41, 5.74) is 2.72. The van der Waals surface area contributed by atoms with Crippen LogP contribution in [-0.4, -0.2) is 22.2 Å². The first-order valence-corrected chi connectivity index (χ1v) is 6.37. The topological polar surface area (TPSA) is 60.1 Å². The lowest BCUT2D eigenvalue weighted by molar-refractivity contribution is 0.0946. The molecule has 102 valence electrons. The summed E-state index contributed by atoms with van der Waals surface area (Å²) >= 11 is 0. The van der Waals surface area contributed by atoms with Crippen LogP contribution in [0.1, 0.15) is 28.7 Å². The molecule has 0 bridgehead atoms. The van der Waals surface area contributed by atoms with Crippen molar-refractivity contribution in [1.29, 1.82) is 0 Å². The second-order valence-corrected chi connectivity index (χ2v) is 4.94. The van der Waals surface area contributed by atoms with E-state index in [0.29, 0.717) is 18.0 Å². The molecule has 19 heavy (non-hydrogen) atoms. The molecule has 0 aliphatic heterocycles. The van der Waals surface area contributed by atoms with Gasteiger partial charge in [-0.1, -0.05) is 6.92 Å². The van der Waals surface area contributed by atoms with Crippen molar-refractivity contribution in [3.63, 3.8) is 0 Å². The summed E-state index contributed by atoms with van der Waals surface area (Å²) in [6, 6.07) is 3.71. The predicted octanol–water partition coefficient (Wildman–Crippen LogP) is 2.16. The quantitative estimate of drug-likeness (QED) is 0.897. The lowest BCUT2D eigenvalue weighted by Crippen LogP contribution is -2.30. The summed E-state index contributed by atoms with van der Waals surface area (Å²) in [5, 5.41) is 7.31. The van der Waals surface area contributed by atoms with Crippen LogP contribution >= 0.6 is 0 Å². The Morgan fingerprint density at radius 3 is 2.89 bits per heavy atom. The number of carbonyl (C=O) groups is 1. The molecule has 1 amide bonds. The van der Waals surface area contributed by atoms with E-state index in [1.165, 1.54) is 12.5 Å². The summed E-state index contributed by atoms with van der Waals surface area (Å²) < 4.78 is 6.86. The highest BCUT2D eigenvalue weighted by Crippen LogP contribution is 2.06. The Morgan fingerprint density at radius 1 is 1.53 bits per heavy atom. The third kappa shape index (κ3) is 3.47. The minimum absolute atomic E-state index is 0.103. The number of hydrogen-bond donors (Lipinski definition) is 1. The van der Waals surface area contributed by atoms with E-state index in [1.54, 1.807) is 6.07 Å². The molecule has 2 aromatic rings. The molecule has 2 aromatic heterocycles. The number of furan rings is 1. The minimum atomic E-state index is -0.103. The summed E-state index contributed by atoms with van der Waals surface area (Å²) in [6.07, 6.45) is 2.94. The van der Waals surface area contributed by atoms with Crippen LogP contribution in [0.3, 0.4) is 0 Å². The molecule has 2 rings (SSSR count). The van der Waals surface area contributed by atoms with Crippen molar-refractivity contribution in [3.8, 4) is 0 Å². The Labute approximate surface area is 112 Å². The molecule has 5 heteroatoms. The number of amides is 1. The van der Waals surface area contributed by atoms with Crippen molar-refractivity contribution in [2.24, 2.45) is 5.92 Å². The van der Waals surface area contributed by atoms with Crippen LogP contribution in [0.5, 0.6) is 0 Å². The maximum atomic E-state index is 11.7. The van der Waals surface area contributed by atoms with Gasteiger partial charge in [0.05, 0.1) is 17.5 Å². The van der Waals surface area contributed by atoms with Crippen LogP contribution < -0.4 is 5.32 Å². The number of nitrogens with one attached hydrogen (secondary N) is 1. The zero-order valence-electron chi connectivity index (χ0n) is 11.5. The fraction of sp³-hybridized carbons (Fsp3) is 0.429. The first-order chi connectivity index (χ1) is 9.06. The van der Waals surface area contributed by atoms with Crippen LogP contribution in [0.2, 0.25) is 0 Å². The van der Waals surface area contributed by atoms with Gasteiger partial charge in [-0.2, -0.15) is 5.10 Å². The number of carbonyl (C=O) groups excluding carboxylic acids is 1. The normalized spacial score (nSPS) is 12.4. The van der Waals surface area contributed by atoms with E-state index in [4.69, 9.17) is 4.42 Å². The largest absolute Gasteiger partial charge is 0.472 e. The van der Waals surface area contributed by atoms with Gasteiger partial charge in [0, 0.05) is 18.8 Å². The Balaban J connectivity index is 1.83. The van der Waals surface area contributed by atoms with Crippen molar-refractivity contribution < 1.29 is 9.21 Å². The molecule has 0 aromatic carbocycles. The third-order valence-electron chi connectivity index (χ3n) is 2.98. The summed E-state index contributed by atoms with van der Waals surface area (Å²) in [7, 11) is 0. The second-order valence-electron chi connectivity index (χ2n) is 4.94. The lowest BCUT2D eigenvalue weighted by atomic mass is 10.1.